The van der Waals surface area contributed by atoms with E-state index in [-0.39, 0.29) is 17.3 Å². The van der Waals surface area contributed by atoms with E-state index in [0.717, 1.165) is 11.1 Å². The number of hydrogen-bond donors (Lipinski definition) is 2. The summed E-state index contributed by atoms with van der Waals surface area (Å²) in [5, 5.41) is 2.83. The molecule has 0 heterocycles. The van der Waals surface area contributed by atoms with Crippen LogP contribution in [0.15, 0.2) is 59.5 Å². The Bertz CT molecular complexity index is 1260. The van der Waals surface area contributed by atoms with E-state index in [9.17, 15) is 13.2 Å². The van der Waals surface area contributed by atoms with Crippen molar-refractivity contribution in [3.05, 3.63) is 76.9 Å². The summed E-state index contributed by atoms with van der Waals surface area (Å²) in [6, 6.07) is 15.0. The van der Waals surface area contributed by atoms with Gasteiger partial charge in [-0.05, 0) is 73.0 Å². The van der Waals surface area contributed by atoms with Gasteiger partial charge in [0.25, 0.3) is 15.9 Å². The fourth-order valence-corrected chi connectivity index (χ4v) is 4.81. The van der Waals surface area contributed by atoms with Crippen molar-refractivity contribution in [2.24, 2.45) is 0 Å². The number of anilines is 1. The average molecular weight is 485 g/mol. The third kappa shape index (κ3) is 5.60. The van der Waals surface area contributed by atoms with Crippen molar-refractivity contribution in [1.29, 1.82) is 0 Å². The molecule has 0 radical (unpaired) electrons. The molecule has 0 spiro atoms. The van der Waals surface area contributed by atoms with E-state index < -0.39 is 10.0 Å². The number of hydrogen-bond acceptors (Lipinski definition) is 6. The fraction of sp³-hybridized carbons (Fsp3) is 0.240. The Balaban J connectivity index is 1.69. The predicted molar refractivity (Wildman–Crippen MR) is 130 cm³/mol. The molecule has 0 saturated carbocycles. The highest BCUT2D eigenvalue weighted by molar-refractivity contribution is 7.92. The van der Waals surface area contributed by atoms with Crippen LogP contribution in [0.2, 0.25) is 0 Å². The number of carbonyl (C=O) groups excluding carboxylic acids is 1. The summed E-state index contributed by atoms with van der Waals surface area (Å²) in [5.74, 6) is 1.15. The zero-order valence-electron chi connectivity index (χ0n) is 19.8. The summed E-state index contributed by atoms with van der Waals surface area (Å²) >= 11 is 0. The minimum atomic E-state index is -3.75. The van der Waals surface area contributed by atoms with Crippen molar-refractivity contribution >= 4 is 21.6 Å². The van der Waals surface area contributed by atoms with Gasteiger partial charge in [-0.2, -0.15) is 0 Å². The van der Waals surface area contributed by atoms with Crippen LogP contribution in [0.25, 0.3) is 0 Å². The number of rotatable bonds is 9. The Labute approximate surface area is 199 Å². The minimum absolute atomic E-state index is 0.222. The molecule has 3 aromatic carbocycles. The molecule has 0 aromatic heterocycles. The highest BCUT2D eigenvalue weighted by atomic mass is 32.2. The predicted octanol–water partition coefficient (Wildman–Crippen LogP) is 4.06. The molecule has 34 heavy (non-hydrogen) atoms. The lowest BCUT2D eigenvalue weighted by Gasteiger charge is -2.14. The Morgan fingerprint density at radius 1 is 0.853 bits per heavy atom. The van der Waals surface area contributed by atoms with E-state index >= 15 is 0 Å². The van der Waals surface area contributed by atoms with Crippen LogP contribution >= 0.6 is 0 Å². The number of ether oxygens (including phenoxy) is 3. The Kier molecular flexibility index (Phi) is 7.68. The summed E-state index contributed by atoms with van der Waals surface area (Å²) < 4.78 is 44.1. The molecule has 180 valence electrons. The summed E-state index contributed by atoms with van der Waals surface area (Å²) in [6.45, 7) is 3.82. The number of carbonyl (C=O) groups is 1. The maximum atomic E-state index is 12.8. The van der Waals surface area contributed by atoms with Gasteiger partial charge in [-0.15, -0.1) is 0 Å². The van der Waals surface area contributed by atoms with Crippen molar-refractivity contribution in [3.63, 3.8) is 0 Å². The molecule has 8 nitrogen and oxygen atoms in total. The molecule has 0 atom stereocenters. The van der Waals surface area contributed by atoms with Gasteiger partial charge in [0.15, 0.2) is 11.5 Å². The number of benzene rings is 3. The molecular formula is C25H28N2O6S. The first-order valence-corrected chi connectivity index (χ1v) is 11.9. The topological polar surface area (TPSA) is 103 Å². The van der Waals surface area contributed by atoms with Crippen LogP contribution in [0.4, 0.5) is 5.69 Å². The highest BCUT2D eigenvalue weighted by Crippen LogP contribution is 2.38. The van der Waals surface area contributed by atoms with Crippen LogP contribution in [0, 0.1) is 13.8 Å². The van der Waals surface area contributed by atoms with Gasteiger partial charge >= 0.3 is 0 Å². The van der Waals surface area contributed by atoms with Crippen molar-refractivity contribution in [1.82, 2.24) is 5.32 Å². The number of amides is 1. The molecular weight excluding hydrogens is 456 g/mol. The van der Waals surface area contributed by atoms with Crippen LogP contribution in [0.3, 0.4) is 0 Å². The van der Waals surface area contributed by atoms with Gasteiger partial charge < -0.3 is 19.5 Å². The number of aryl methyl sites for hydroxylation is 2. The molecule has 2 N–H and O–H groups in total. The van der Waals surface area contributed by atoms with E-state index in [1.54, 1.807) is 55.5 Å². The van der Waals surface area contributed by atoms with Gasteiger partial charge in [0, 0.05) is 17.8 Å². The molecule has 0 bridgehead atoms. The summed E-state index contributed by atoms with van der Waals surface area (Å²) in [6.07, 6.45) is 0. The second-order valence-electron chi connectivity index (χ2n) is 7.67. The van der Waals surface area contributed by atoms with E-state index in [4.69, 9.17) is 14.2 Å². The zero-order chi connectivity index (χ0) is 24.9. The third-order valence-corrected chi connectivity index (χ3v) is 6.73. The van der Waals surface area contributed by atoms with E-state index in [0.29, 0.717) is 34.1 Å². The molecule has 9 heteroatoms. The van der Waals surface area contributed by atoms with Crippen molar-refractivity contribution in [2.75, 3.05) is 26.1 Å². The van der Waals surface area contributed by atoms with E-state index in [2.05, 4.69) is 10.0 Å². The first kappa shape index (κ1) is 24.9. The number of sulfonamides is 1. The lowest BCUT2D eigenvalue weighted by molar-refractivity contribution is 0.0951. The van der Waals surface area contributed by atoms with Crippen LogP contribution in [-0.4, -0.2) is 35.7 Å². The first-order chi connectivity index (χ1) is 16.2. The second-order valence-corrected chi connectivity index (χ2v) is 9.32. The zero-order valence-corrected chi connectivity index (χ0v) is 20.6. The number of methoxy groups -OCH3 is 3. The molecule has 1 amide bonds. The average Bonchev–Trinajstić information content (AvgIpc) is 2.83. The van der Waals surface area contributed by atoms with Crippen LogP contribution in [0.1, 0.15) is 27.0 Å². The van der Waals surface area contributed by atoms with Gasteiger partial charge in [0.05, 0.1) is 26.2 Å². The largest absolute Gasteiger partial charge is 0.493 e. The Morgan fingerprint density at radius 2 is 1.47 bits per heavy atom. The van der Waals surface area contributed by atoms with Gasteiger partial charge in [-0.1, -0.05) is 12.1 Å². The minimum Gasteiger partial charge on any atom is -0.493 e. The molecule has 3 aromatic rings. The fourth-order valence-electron chi connectivity index (χ4n) is 3.42. The maximum Gasteiger partial charge on any atom is 0.262 e. The molecule has 0 aliphatic heterocycles. The van der Waals surface area contributed by atoms with Gasteiger partial charge in [0.2, 0.25) is 5.75 Å². The molecule has 0 aliphatic rings. The van der Waals surface area contributed by atoms with Gasteiger partial charge in [-0.25, -0.2) is 8.42 Å². The van der Waals surface area contributed by atoms with E-state index in [1.807, 2.05) is 13.0 Å². The van der Waals surface area contributed by atoms with Crippen LogP contribution < -0.4 is 24.2 Å². The molecule has 0 saturated heterocycles. The smallest absolute Gasteiger partial charge is 0.262 e. The summed E-state index contributed by atoms with van der Waals surface area (Å²) in [4.78, 5) is 12.8. The third-order valence-electron chi connectivity index (χ3n) is 5.21. The summed E-state index contributed by atoms with van der Waals surface area (Å²) in [7, 11) is 0.819. The molecule has 0 aliphatic carbocycles. The standard InChI is InChI=1S/C25H28N2O6S/c1-16-6-7-17(2)23(12-16)34(29,30)27-20-10-8-19(9-11-20)25(28)26-15-18-13-21(31-3)24(33-5)22(14-18)32-4/h6-14,27H,15H2,1-5H3,(H,26,28). The monoisotopic (exact) mass is 484 g/mol. The lowest BCUT2D eigenvalue weighted by atomic mass is 10.1. The highest BCUT2D eigenvalue weighted by Gasteiger charge is 2.18. The Hall–Kier alpha value is -3.72. The van der Waals surface area contributed by atoms with Crippen molar-refractivity contribution in [3.8, 4) is 17.2 Å². The summed E-state index contributed by atoms with van der Waals surface area (Å²) in [5.41, 5.74) is 3.02. The molecule has 0 fully saturated rings. The Morgan fingerprint density at radius 3 is 2.03 bits per heavy atom. The lowest BCUT2D eigenvalue weighted by Crippen LogP contribution is -2.23. The van der Waals surface area contributed by atoms with E-state index in [1.165, 1.54) is 21.3 Å². The number of nitrogens with one attached hydrogen (secondary N) is 2. The quantitative estimate of drug-likeness (QED) is 0.475. The first-order valence-electron chi connectivity index (χ1n) is 10.5. The van der Waals surface area contributed by atoms with Crippen molar-refractivity contribution < 1.29 is 27.4 Å². The van der Waals surface area contributed by atoms with Crippen LogP contribution in [-0.2, 0) is 16.6 Å². The van der Waals surface area contributed by atoms with Gasteiger partial charge in [0.1, 0.15) is 0 Å². The SMILES string of the molecule is COc1cc(CNC(=O)c2ccc(NS(=O)(=O)c3cc(C)ccc3C)cc2)cc(OC)c1OC. The maximum absolute atomic E-state index is 12.8. The molecule has 0 unspecified atom stereocenters. The normalized spacial score (nSPS) is 11.0. The van der Waals surface area contributed by atoms with Crippen molar-refractivity contribution in [2.45, 2.75) is 25.3 Å². The second kappa shape index (κ2) is 10.5. The van der Waals surface area contributed by atoms with Gasteiger partial charge in [-0.3, -0.25) is 9.52 Å². The van der Waals surface area contributed by atoms with Crippen LogP contribution in [0.5, 0.6) is 17.2 Å². The molecule has 3 rings (SSSR count).